The highest BCUT2D eigenvalue weighted by molar-refractivity contribution is 7.99. The molecule has 0 radical (unpaired) electrons. The topological polar surface area (TPSA) is 61.8 Å². The standard InChI is InChI=1S/C23H28O5S/c1-26-19-12-9-18(10-13-19)16-29-20(14-11-17-7-5-4-6-8-17)15-21(22(24)27-2)23(25)28-3/h4-10,12-13,20-21H,11,14-16H2,1-3H3/t20-/m0/s1. The van der Waals surface area contributed by atoms with Gasteiger partial charge in [0, 0.05) is 11.0 Å². The Bertz CT molecular complexity index is 745. The van der Waals surface area contributed by atoms with Gasteiger partial charge >= 0.3 is 11.9 Å². The van der Waals surface area contributed by atoms with Gasteiger partial charge in [0.25, 0.3) is 0 Å². The highest BCUT2D eigenvalue weighted by Crippen LogP contribution is 2.29. The minimum Gasteiger partial charge on any atom is -0.497 e. The average Bonchev–Trinajstić information content (AvgIpc) is 2.78. The van der Waals surface area contributed by atoms with E-state index in [0.29, 0.717) is 6.42 Å². The Morgan fingerprint density at radius 2 is 1.48 bits per heavy atom. The Balaban J connectivity index is 2.07. The van der Waals surface area contributed by atoms with Gasteiger partial charge in [0.2, 0.25) is 0 Å². The van der Waals surface area contributed by atoms with E-state index in [1.165, 1.54) is 19.8 Å². The van der Waals surface area contributed by atoms with Crippen LogP contribution in [0.2, 0.25) is 0 Å². The van der Waals surface area contributed by atoms with Crippen molar-refractivity contribution >= 4 is 23.7 Å². The van der Waals surface area contributed by atoms with Gasteiger partial charge in [-0.25, -0.2) is 0 Å². The van der Waals surface area contributed by atoms with Crippen LogP contribution in [-0.2, 0) is 31.2 Å². The maximum Gasteiger partial charge on any atom is 0.320 e. The Labute approximate surface area is 176 Å². The molecule has 2 aromatic rings. The normalized spacial score (nSPS) is 11.7. The summed E-state index contributed by atoms with van der Waals surface area (Å²) in [4.78, 5) is 24.2. The van der Waals surface area contributed by atoms with Crippen molar-refractivity contribution in [2.45, 2.75) is 30.3 Å². The summed E-state index contributed by atoms with van der Waals surface area (Å²) in [6, 6.07) is 18.1. The Kier molecular flexibility index (Phi) is 9.57. The van der Waals surface area contributed by atoms with Crippen LogP contribution in [0.25, 0.3) is 0 Å². The van der Waals surface area contributed by atoms with Gasteiger partial charge in [-0.1, -0.05) is 42.5 Å². The number of ether oxygens (including phenoxy) is 3. The SMILES string of the molecule is COC(=O)C(C[C@H](CCc1ccccc1)SCc1ccc(OC)cc1)C(=O)OC. The van der Waals surface area contributed by atoms with Crippen LogP contribution >= 0.6 is 11.8 Å². The summed E-state index contributed by atoms with van der Waals surface area (Å²) in [5.74, 6) is -0.415. The highest BCUT2D eigenvalue weighted by atomic mass is 32.2. The van der Waals surface area contributed by atoms with Gasteiger partial charge in [-0.3, -0.25) is 9.59 Å². The molecule has 0 aliphatic heterocycles. The van der Waals surface area contributed by atoms with E-state index in [9.17, 15) is 9.59 Å². The van der Waals surface area contributed by atoms with E-state index < -0.39 is 17.9 Å². The second-order valence-corrected chi connectivity index (χ2v) is 7.93. The molecule has 0 fully saturated rings. The zero-order valence-electron chi connectivity index (χ0n) is 17.1. The van der Waals surface area contributed by atoms with E-state index in [0.717, 1.165) is 29.9 Å². The van der Waals surface area contributed by atoms with Crippen LogP contribution in [-0.4, -0.2) is 38.5 Å². The first-order valence-electron chi connectivity index (χ1n) is 9.51. The van der Waals surface area contributed by atoms with E-state index in [2.05, 4.69) is 12.1 Å². The van der Waals surface area contributed by atoms with Crippen molar-refractivity contribution in [2.24, 2.45) is 5.92 Å². The van der Waals surface area contributed by atoms with Gasteiger partial charge in [-0.05, 0) is 42.5 Å². The van der Waals surface area contributed by atoms with E-state index >= 15 is 0 Å². The third kappa shape index (κ3) is 7.46. The first kappa shape index (κ1) is 22.8. The quantitative estimate of drug-likeness (QED) is 0.402. The largest absolute Gasteiger partial charge is 0.497 e. The van der Waals surface area contributed by atoms with E-state index in [1.807, 2.05) is 42.5 Å². The number of aryl methyl sites for hydroxylation is 1. The maximum atomic E-state index is 12.1. The molecule has 0 N–H and O–H groups in total. The van der Waals surface area contributed by atoms with Crippen LogP contribution in [0.1, 0.15) is 24.0 Å². The van der Waals surface area contributed by atoms with Gasteiger partial charge in [-0.2, -0.15) is 11.8 Å². The number of hydrogen-bond acceptors (Lipinski definition) is 6. The molecule has 2 rings (SSSR count). The number of esters is 2. The molecule has 0 aliphatic carbocycles. The monoisotopic (exact) mass is 416 g/mol. The Morgan fingerprint density at radius 3 is 2.03 bits per heavy atom. The number of carbonyl (C=O) groups is 2. The summed E-state index contributed by atoms with van der Waals surface area (Å²) in [6.45, 7) is 0. The molecule has 0 spiro atoms. The zero-order chi connectivity index (χ0) is 21.1. The molecule has 1 atom stereocenters. The predicted octanol–water partition coefficient (Wildman–Crippen LogP) is 4.28. The average molecular weight is 417 g/mol. The molecule has 2 aromatic carbocycles. The van der Waals surface area contributed by atoms with Gasteiger partial charge in [0.05, 0.1) is 21.3 Å². The first-order chi connectivity index (χ1) is 14.1. The van der Waals surface area contributed by atoms with Gasteiger partial charge < -0.3 is 14.2 Å². The summed E-state index contributed by atoms with van der Waals surface area (Å²) in [6.07, 6.45) is 2.10. The molecule has 0 bridgehead atoms. The maximum absolute atomic E-state index is 12.1. The fraction of sp³-hybridized carbons (Fsp3) is 0.391. The summed E-state index contributed by atoms with van der Waals surface area (Å²) in [7, 11) is 4.23. The van der Waals surface area contributed by atoms with Gasteiger partial charge in [0.1, 0.15) is 5.75 Å². The summed E-state index contributed by atoms with van der Waals surface area (Å²) in [5, 5.41) is 0.0977. The lowest BCUT2D eigenvalue weighted by Gasteiger charge is -2.21. The van der Waals surface area contributed by atoms with E-state index in [1.54, 1.807) is 18.9 Å². The number of methoxy groups -OCH3 is 3. The molecule has 0 amide bonds. The van der Waals surface area contributed by atoms with E-state index in [-0.39, 0.29) is 5.25 Å². The van der Waals surface area contributed by atoms with Crippen LogP contribution in [0.4, 0.5) is 0 Å². The molecule has 0 saturated heterocycles. The Morgan fingerprint density at radius 1 is 0.862 bits per heavy atom. The van der Waals surface area contributed by atoms with Crippen LogP contribution in [0.5, 0.6) is 5.75 Å². The molecular formula is C23H28O5S. The van der Waals surface area contributed by atoms with Gasteiger partial charge in [0.15, 0.2) is 5.92 Å². The predicted molar refractivity (Wildman–Crippen MR) is 115 cm³/mol. The molecule has 0 heterocycles. The van der Waals surface area contributed by atoms with Crippen LogP contribution < -0.4 is 4.74 Å². The molecule has 0 aromatic heterocycles. The van der Waals surface area contributed by atoms with Crippen LogP contribution in [0.15, 0.2) is 54.6 Å². The van der Waals surface area contributed by atoms with Crippen LogP contribution in [0, 0.1) is 5.92 Å². The molecule has 29 heavy (non-hydrogen) atoms. The second-order valence-electron chi connectivity index (χ2n) is 6.64. The smallest absolute Gasteiger partial charge is 0.320 e. The van der Waals surface area contributed by atoms with E-state index in [4.69, 9.17) is 14.2 Å². The number of carbonyl (C=O) groups excluding carboxylic acids is 2. The molecule has 0 aliphatic rings. The molecule has 0 unspecified atom stereocenters. The number of rotatable bonds is 11. The minimum absolute atomic E-state index is 0.0977. The number of hydrogen-bond donors (Lipinski definition) is 0. The van der Waals surface area contributed by atoms with Gasteiger partial charge in [-0.15, -0.1) is 0 Å². The van der Waals surface area contributed by atoms with Crippen molar-refractivity contribution in [3.8, 4) is 5.75 Å². The third-order valence-electron chi connectivity index (χ3n) is 4.71. The lowest BCUT2D eigenvalue weighted by atomic mass is 9.99. The number of thioether (sulfide) groups is 1. The summed E-state index contributed by atoms with van der Waals surface area (Å²) in [5.41, 5.74) is 2.39. The molecule has 156 valence electrons. The fourth-order valence-corrected chi connectivity index (χ4v) is 4.25. The minimum atomic E-state index is -0.908. The lowest BCUT2D eigenvalue weighted by Crippen LogP contribution is -2.29. The molecule has 5 nitrogen and oxygen atoms in total. The lowest BCUT2D eigenvalue weighted by molar-refractivity contribution is -0.159. The molecular weight excluding hydrogens is 388 g/mol. The second kappa shape index (κ2) is 12.2. The Hall–Kier alpha value is -2.47. The molecule has 6 heteroatoms. The highest BCUT2D eigenvalue weighted by Gasteiger charge is 2.31. The molecule has 0 saturated carbocycles. The van der Waals surface area contributed by atoms with Crippen molar-refractivity contribution in [3.63, 3.8) is 0 Å². The summed E-state index contributed by atoms with van der Waals surface area (Å²) >= 11 is 1.74. The summed E-state index contributed by atoms with van der Waals surface area (Å²) < 4.78 is 14.9. The van der Waals surface area contributed by atoms with Crippen molar-refractivity contribution in [1.29, 1.82) is 0 Å². The number of benzene rings is 2. The third-order valence-corrected chi connectivity index (χ3v) is 6.11. The fourth-order valence-electron chi connectivity index (χ4n) is 3.01. The van der Waals surface area contributed by atoms with Crippen molar-refractivity contribution in [3.05, 3.63) is 65.7 Å². The first-order valence-corrected chi connectivity index (χ1v) is 10.6. The zero-order valence-corrected chi connectivity index (χ0v) is 17.9. The van der Waals surface area contributed by atoms with Crippen LogP contribution in [0.3, 0.4) is 0 Å². The van der Waals surface area contributed by atoms with Crippen molar-refractivity contribution < 1.29 is 23.8 Å². The van der Waals surface area contributed by atoms with Crippen molar-refractivity contribution in [1.82, 2.24) is 0 Å². The van der Waals surface area contributed by atoms with Crippen molar-refractivity contribution in [2.75, 3.05) is 21.3 Å².